The van der Waals surface area contributed by atoms with Gasteiger partial charge in [0.25, 0.3) is 0 Å². The van der Waals surface area contributed by atoms with Crippen molar-refractivity contribution in [2.75, 3.05) is 31.6 Å². The molecule has 1 aliphatic rings. The monoisotopic (exact) mass is 329 g/mol. The highest BCUT2D eigenvalue weighted by atomic mass is 16.5. The first kappa shape index (κ1) is 16.2. The van der Waals surface area contributed by atoms with Gasteiger partial charge in [-0.2, -0.15) is 0 Å². The second kappa shape index (κ2) is 7.29. The lowest BCUT2D eigenvalue weighted by molar-refractivity contribution is 0.144. The Morgan fingerprint density at radius 3 is 2.92 bits per heavy atom. The van der Waals surface area contributed by atoms with Gasteiger partial charge < -0.3 is 24.3 Å². The highest BCUT2D eigenvalue weighted by Crippen LogP contribution is 2.32. The van der Waals surface area contributed by atoms with Gasteiger partial charge >= 0.3 is 6.03 Å². The number of urea groups is 1. The highest BCUT2D eigenvalue weighted by Gasteiger charge is 2.26. The molecule has 1 aromatic heterocycles. The van der Waals surface area contributed by atoms with Crippen LogP contribution in [0.1, 0.15) is 12.7 Å². The van der Waals surface area contributed by atoms with Crippen LogP contribution in [0.15, 0.2) is 47.1 Å². The van der Waals surface area contributed by atoms with E-state index in [1.165, 1.54) is 0 Å². The molecule has 0 fully saturated rings. The molecule has 0 radical (unpaired) electrons. The average Bonchev–Trinajstić information content (AvgIpc) is 3.12. The molecule has 0 saturated carbocycles. The maximum Gasteiger partial charge on any atom is 0.317 e. The maximum atomic E-state index is 12.2. The summed E-state index contributed by atoms with van der Waals surface area (Å²) in [6.07, 6.45) is 1.54. The number of carbonyl (C=O) groups is 1. The van der Waals surface area contributed by atoms with Gasteiger partial charge in [0.1, 0.15) is 17.6 Å². The number of rotatable bonds is 5. The predicted octanol–water partition coefficient (Wildman–Crippen LogP) is 2.71. The summed E-state index contributed by atoms with van der Waals surface area (Å²) in [5.74, 6) is 1.61. The quantitative estimate of drug-likeness (QED) is 0.916. The molecule has 0 spiro atoms. The number of para-hydroxylation sites is 2. The van der Waals surface area contributed by atoms with Crippen molar-refractivity contribution in [3.05, 3.63) is 48.4 Å². The van der Waals surface area contributed by atoms with Crippen molar-refractivity contribution in [2.24, 2.45) is 0 Å². The number of likely N-dealkylation sites (N-methyl/N-ethyl adjacent to an activating group) is 2. The van der Waals surface area contributed by atoms with Gasteiger partial charge in [-0.15, -0.1) is 0 Å². The molecule has 0 aliphatic carbocycles. The summed E-state index contributed by atoms with van der Waals surface area (Å²) in [6.45, 7) is 4.70. The first-order chi connectivity index (χ1) is 11.7. The molecule has 0 saturated heterocycles. The standard InChI is InChI=1S/C18H23N3O3/c1-3-21-13-15(24-17-9-5-4-8-16(17)21)12-20(2)18(22)19-11-14-7-6-10-23-14/h4-10,15H,3,11-13H2,1-2H3,(H,19,22)/t15-/m1/s1. The number of carbonyl (C=O) groups excluding carboxylic acids is 1. The summed E-state index contributed by atoms with van der Waals surface area (Å²) < 4.78 is 11.3. The Kier molecular flexibility index (Phi) is 4.93. The molecule has 1 aromatic carbocycles. The molecule has 24 heavy (non-hydrogen) atoms. The summed E-state index contributed by atoms with van der Waals surface area (Å²) in [7, 11) is 1.78. The summed E-state index contributed by atoms with van der Waals surface area (Å²) in [4.78, 5) is 16.1. The van der Waals surface area contributed by atoms with Crippen LogP contribution in [0.2, 0.25) is 0 Å². The summed E-state index contributed by atoms with van der Waals surface area (Å²) in [5, 5.41) is 2.84. The Bertz CT molecular complexity index is 672. The molecular formula is C18H23N3O3. The molecular weight excluding hydrogens is 306 g/mol. The van der Waals surface area contributed by atoms with Gasteiger partial charge in [0, 0.05) is 13.6 Å². The fourth-order valence-electron chi connectivity index (χ4n) is 2.87. The molecule has 6 heteroatoms. The third kappa shape index (κ3) is 3.64. The van der Waals surface area contributed by atoms with Crippen LogP contribution < -0.4 is 15.0 Å². The van der Waals surface area contributed by atoms with Crippen LogP contribution in [0, 0.1) is 0 Å². The van der Waals surface area contributed by atoms with Gasteiger partial charge in [0.05, 0.1) is 31.6 Å². The zero-order valence-electron chi connectivity index (χ0n) is 14.1. The van der Waals surface area contributed by atoms with Crippen LogP contribution in [0.3, 0.4) is 0 Å². The average molecular weight is 329 g/mol. The number of nitrogens with one attached hydrogen (secondary N) is 1. The zero-order chi connectivity index (χ0) is 16.9. The van der Waals surface area contributed by atoms with Crippen LogP contribution in [0.4, 0.5) is 10.5 Å². The maximum absolute atomic E-state index is 12.2. The minimum atomic E-state index is -0.142. The molecule has 1 N–H and O–H groups in total. The van der Waals surface area contributed by atoms with Crippen molar-refractivity contribution < 1.29 is 13.9 Å². The van der Waals surface area contributed by atoms with Gasteiger partial charge in [-0.25, -0.2) is 4.79 Å². The van der Waals surface area contributed by atoms with E-state index in [0.29, 0.717) is 13.1 Å². The van der Waals surface area contributed by atoms with E-state index in [1.54, 1.807) is 24.3 Å². The Morgan fingerprint density at radius 1 is 1.33 bits per heavy atom. The number of hydrogen-bond donors (Lipinski definition) is 1. The van der Waals surface area contributed by atoms with Gasteiger partial charge in [0.15, 0.2) is 0 Å². The van der Waals surface area contributed by atoms with E-state index in [-0.39, 0.29) is 12.1 Å². The summed E-state index contributed by atoms with van der Waals surface area (Å²) in [5.41, 5.74) is 1.11. The minimum absolute atomic E-state index is 0.0563. The highest BCUT2D eigenvalue weighted by molar-refractivity contribution is 5.73. The van der Waals surface area contributed by atoms with Crippen molar-refractivity contribution in [1.29, 1.82) is 0 Å². The Morgan fingerprint density at radius 2 is 2.17 bits per heavy atom. The minimum Gasteiger partial charge on any atom is -0.485 e. The van der Waals surface area contributed by atoms with E-state index in [4.69, 9.17) is 9.15 Å². The van der Waals surface area contributed by atoms with Crippen LogP contribution in [0.5, 0.6) is 5.75 Å². The second-order valence-corrected chi connectivity index (χ2v) is 5.86. The molecule has 128 valence electrons. The largest absolute Gasteiger partial charge is 0.485 e. The van der Waals surface area contributed by atoms with Crippen LogP contribution in [-0.4, -0.2) is 43.7 Å². The molecule has 2 aromatic rings. The van der Waals surface area contributed by atoms with Crippen LogP contribution >= 0.6 is 0 Å². The third-order valence-corrected chi connectivity index (χ3v) is 4.12. The van der Waals surface area contributed by atoms with Crippen molar-refractivity contribution in [3.8, 4) is 5.75 Å². The SMILES string of the molecule is CCN1C[C@@H](CN(C)C(=O)NCc2ccco2)Oc2ccccc21. The number of amides is 2. The fraction of sp³-hybridized carbons (Fsp3) is 0.389. The van der Waals surface area contributed by atoms with Gasteiger partial charge in [-0.05, 0) is 31.2 Å². The van der Waals surface area contributed by atoms with E-state index in [2.05, 4.69) is 23.2 Å². The van der Waals surface area contributed by atoms with Crippen LogP contribution in [-0.2, 0) is 6.54 Å². The number of anilines is 1. The number of hydrogen-bond acceptors (Lipinski definition) is 4. The lowest BCUT2D eigenvalue weighted by atomic mass is 10.2. The number of fused-ring (bicyclic) bond motifs is 1. The smallest absolute Gasteiger partial charge is 0.317 e. The van der Waals surface area contributed by atoms with Crippen molar-refractivity contribution in [3.63, 3.8) is 0 Å². The lowest BCUT2D eigenvalue weighted by Crippen LogP contribution is -2.48. The summed E-state index contributed by atoms with van der Waals surface area (Å²) >= 11 is 0. The molecule has 3 rings (SSSR count). The van der Waals surface area contributed by atoms with E-state index >= 15 is 0 Å². The first-order valence-electron chi connectivity index (χ1n) is 8.19. The first-order valence-corrected chi connectivity index (χ1v) is 8.19. The molecule has 2 heterocycles. The van der Waals surface area contributed by atoms with Gasteiger partial charge in [-0.1, -0.05) is 12.1 Å². The Labute approximate surface area is 142 Å². The van der Waals surface area contributed by atoms with Crippen molar-refractivity contribution in [2.45, 2.75) is 19.6 Å². The van der Waals surface area contributed by atoms with Gasteiger partial charge in [-0.3, -0.25) is 0 Å². The van der Waals surface area contributed by atoms with E-state index < -0.39 is 0 Å². The number of nitrogens with zero attached hydrogens (tertiary/aromatic N) is 2. The molecule has 1 aliphatic heterocycles. The second-order valence-electron chi connectivity index (χ2n) is 5.86. The van der Waals surface area contributed by atoms with Crippen molar-refractivity contribution in [1.82, 2.24) is 10.2 Å². The molecule has 0 bridgehead atoms. The van der Waals surface area contributed by atoms with Gasteiger partial charge in [0.2, 0.25) is 0 Å². The third-order valence-electron chi connectivity index (χ3n) is 4.12. The van der Waals surface area contributed by atoms with E-state index in [0.717, 1.165) is 30.3 Å². The number of benzene rings is 1. The molecule has 0 unspecified atom stereocenters. The van der Waals surface area contributed by atoms with E-state index in [1.807, 2.05) is 24.3 Å². The lowest BCUT2D eigenvalue weighted by Gasteiger charge is -2.37. The number of furan rings is 1. The Hall–Kier alpha value is -2.63. The Balaban J connectivity index is 1.56. The summed E-state index contributed by atoms with van der Waals surface area (Å²) in [6, 6.07) is 11.5. The predicted molar refractivity (Wildman–Crippen MR) is 92.3 cm³/mol. The molecule has 2 amide bonds. The zero-order valence-corrected chi connectivity index (χ0v) is 14.1. The van der Waals surface area contributed by atoms with Crippen LogP contribution in [0.25, 0.3) is 0 Å². The fourth-order valence-corrected chi connectivity index (χ4v) is 2.87. The topological polar surface area (TPSA) is 58.0 Å². The van der Waals surface area contributed by atoms with Crippen molar-refractivity contribution >= 4 is 11.7 Å². The normalized spacial score (nSPS) is 16.2. The van der Waals surface area contributed by atoms with E-state index in [9.17, 15) is 4.79 Å². The molecule has 6 nitrogen and oxygen atoms in total. The number of ether oxygens (including phenoxy) is 1. The molecule has 1 atom stereocenters.